The summed E-state index contributed by atoms with van der Waals surface area (Å²) in [5.74, 6) is -0.404. The minimum absolute atomic E-state index is 0.164. The van der Waals surface area contributed by atoms with Crippen LogP contribution in [0.25, 0.3) is 0 Å². The predicted molar refractivity (Wildman–Crippen MR) is 69.4 cm³/mol. The van der Waals surface area contributed by atoms with Crippen molar-refractivity contribution in [2.75, 3.05) is 20.3 Å². The van der Waals surface area contributed by atoms with Crippen LogP contribution in [0.3, 0.4) is 0 Å². The molecule has 108 valence electrons. The van der Waals surface area contributed by atoms with Crippen LogP contribution in [0.15, 0.2) is 0 Å². The number of amides is 1. The van der Waals surface area contributed by atoms with Gasteiger partial charge in [-0.1, -0.05) is 13.8 Å². The fraction of sp³-hybridized carbons (Fsp3) is 0.857. The van der Waals surface area contributed by atoms with Crippen molar-refractivity contribution in [1.82, 2.24) is 5.32 Å². The van der Waals surface area contributed by atoms with Gasteiger partial charge in [-0.15, -0.1) is 0 Å². The maximum absolute atomic E-state index is 12.5. The smallest absolute Gasteiger partial charge is 0.313 e. The molecule has 0 aromatic rings. The lowest BCUT2D eigenvalue weighted by molar-refractivity contribution is -0.168. The lowest BCUT2D eigenvalue weighted by atomic mass is 9.66. The van der Waals surface area contributed by atoms with Crippen LogP contribution in [0.5, 0.6) is 0 Å². The molecule has 2 unspecified atom stereocenters. The molecule has 1 N–H and O–H groups in total. The first-order chi connectivity index (χ1) is 8.82. The van der Waals surface area contributed by atoms with Gasteiger partial charge in [0.2, 0.25) is 0 Å². The number of methoxy groups -OCH3 is 1. The summed E-state index contributed by atoms with van der Waals surface area (Å²) in [6.07, 6.45) is 2.08. The van der Waals surface area contributed by atoms with Crippen molar-refractivity contribution >= 4 is 11.9 Å². The molecule has 1 heterocycles. The summed E-state index contributed by atoms with van der Waals surface area (Å²) < 4.78 is 10.4. The Morgan fingerprint density at radius 2 is 2.05 bits per heavy atom. The van der Waals surface area contributed by atoms with Crippen LogP contribution >= 0.6 is 0 Å². The van der Waals surface area contributed by atoms with Gasteiger partial charge in [-0.05, 0) is 26.2 Å². The zero-order valence-electron chi connectivity index (χ0n) is 12.2. The van der Waals surface area contributed by atoms with E-state index in [4.69, 9.17) is 9.47 Å². The Kier molecular flexibility index (Phi) is 3.37. The molecule has 1 aliphatic carbocycles. The fourth-order valence-corrected chi connectivity index (χ4v) is 3.31. The number of carbonyl (C=O) groups is 2. The van der Waals surface area contributed by atoms with E-state index in [0.29, 0.717) is 26.0 Å². The highest BCUT2D eigenvalue weighted by atomic mass is 16.6. The van der Waals surface area contributed by atoms with Gasteiger partial charge in [0.05, 0.1) is 5.41 Å². The van der Waals surface area contributed by atoms with E-state index in [0.717, 1.165) is 6.42 Å². The van der Waals surface area contributed by atoms with Gasteiger partial charge < -0.3 is 14.8 Å². The Bertz CT molecular complexity index is 406. The normalized spacial score (nSPS) is 35.3. The summed E-state index contributed by atoms with van der Waals surface area (Å²) in [6.45, 7) is 6.97. The maximum Gasteiger partial charge on any atom is 0.313 e. The first-order valence-corrected chi connectivity index (χ1v) is 6.82. The molecular formula is C14H23NO4. The molecule has 1 amide bonds. The molecule has 2 bridgehead atoms. The molecule has 0 aromatic heterocycles. The summed E-state index contributed by atoms with van der Waals surface area (Å²) in [4.78, 5) is 24.5. The summed E-state index contributed by atoms with van der Waals surface area (Å²) in [5, 5.41) is 2.88. The van der Waals surface area contributed by atoms with E-state index in [9.17, 15) is 9.59 Å². The average Bonchev–Trinajstić information content (AvgIpc) is 2.65. The van der Waals surface area contributed by atoms with E-state index in [2.05, 4.69) is 5.32 Å². The Labute approximate surface area is 114 Å². The van der Waals surface area contributed by atoms with E-state index in [1.54, 1.807) is 7.11 Å². The first kappa shape index (κ1) is 14.3. The van der Waals surface area contributed by atoms with Gasteiger partial charge in [-0.3, -0.25) is 9.59 Å². The van der Waals surface area contributed by atoms with Crippen LogP contribution in [0.2, 0.25) is 0 Å². The number of carbonyl (C=O) groups excluding carboxylic acids is 2. The average molecular weight is 269 g/mol. The highest BCUT2D eigenvalue weighted by Gasteiger charge is 2.75. The van der Waals surface area contributed by atoms with Crippen molar-refractivity contribution in [1.29, 1.82) is 0 Å². The Balaban J connectivity index is 2.11. The zero-order valence-corrected chi connectivity index (χ0v) is 12.2. The topological polar surface area (TPSA) is 64.6 Å². The highest BCUT2D eigenvalue weighted by molar-refractivity contribution is 5.96. The predicted octanol–water partition coefficient (Wildman–Crippen LogP) is 1.26. The number of hydrogen-bond donors (Lipinski definition) is 1. The van der Waals surface area contributed by atoms with Gasteiger partial charge in [-0.25, -0.2) is 0 Å². The van der Waals surface area contributed by atoms with Gasteiger partial charge in [0.15, 0.2) is 5.60 Å². The first-order valence-electron chi connectivity index (χ1n) is 6.82. The third kappa shape index (κ3) is 1.71. The lowest BCUT2D eigenvalue weighted by Gasteiger charge is -2.35. The number of ether oxygens (including phenoxy) is 2. The van der Waals surface area contributed by atoms with Gasteiger partial charge in [0.1, 0.15) is 0 Å². The highest BCUT2D eigenvalue weighted by Crippen LogP contribution is 2.65. The number of fused-ring (bicyclic) bond motifs is 2. The number of hydrogen-bond acceptors (Lipinski definition) is 4. The molecule has 2 fully saturated rings. The summed E-state index contributed by atoms with van der Waals surface area (Å²) in [7, 11) is 1.63. The standard InChI is InChI=1S/C14H23NO4/c1-12(2)13(3)6-7-14(12,19-11(13)17)10(16)15-8-5-9-18-4/h5-9H2,1-4H3,(H,15,16). The van der Waals surface area contributed by atoms with Crippen LogP contribution < -0.4 is 5.32 Å². The molecular weight excluding hydrogens is 246 g/mol. The summed E-state index contributed by atoms with van der Waals surface area (Å²) in [5.41, 5.74) is -2.01. The molecule has 5 nitrogen and oxygen atoms in total. The Morgan fingerprint density at radius 3 is 2.53 bits per heavy atom. The Morgan fingerprint density at radius 1 is 1.37 bits per heavy atom. The summed E-state index contributed by atoms with van der Waals surface area (Å²) >= 11 is 0. The second-order valence-corrected chi connectivity index (χ2v) is 6.28. The molecule has 1 saturated heterocycles. The van der Waals surface area contributed by atoms with Gasteiger partial charge in [0.25, 0.3) is 5.91 Å². The van der Waals surface area contributed by atoms with Crippen LogP contribution in [0.1, 0.15) is 40.0 Å². The molecule has 1 aliphatic heterocycles. The van der Waals surface area contributed by atoms with E-state index in [-0.39, 0.29) is 11.9 Å². The van der Waals surface area contributed by atoms with Gasteiger partial charge in [0, 0.05) is 25.7 Å². The quantitative estimate of drug-likeness (QED) is 0.603. The second-order valence-electron chi connectivity index (χ2n) is 6.28. The van der Waals surface area contributed by atoms with Gasteiger partial charge in [-0.2, -0.15) is 0 Å². The van der Waals surface area contributed by atoms with E-state index >= 15 is 0 Å². The third-order valence-electron chi connectivity index (χ3n) is 5.26. The Hall–Kier alpha value is -1.10. The molecule has 0 aromatic carbocycles. The second kappa shape index (κ2) is 4.47. The number of esters is 1. The largest absolute Gasteiger partial charge is 0.448 e. The third-order valence-corrected chi connectivity index (χ3v) is 5.26. The molecule has 2 atom stereocenters. The molecule has 2 rings (SSSR count). The van der Waals surface area contributed by atoms with Crippen molar-refractivity contribution in [2.24, 2.45) is 10.8 Å². The summed E-state index contributed by atoms with van der Waals surface area (Å²) in [6, 6.07) is 0. The van der Waals surface area contributed by atoms with Crippen LogP contribution in [0, 0.1) is 10.8 Å². The molecule has 5 heteroatoms. The van der Waals surface area contributed by atoms with Crippen LogP contribution in [0.4, 0.5) is 0 Å². The van der Waals surface area contributed by atoms with Crippen molar-refractivity contribution < 1.29 is 19.1 Å². The minimum Gasteiger partial charge on any atom is -0.448 e. The minimum atomic E-state index is -0.994. The van der Waals surface area contributed by atoms with Crippen molar-refractivity contribution in [3.05, 3.63) is 0 Å². The number of rotatable bonds is 5. The molecule has 2 aliphatic rings. The van der Waals surface area contributed by atoms with Gasteiger partial charge >= 0.3 is 5.97 Å². The van der Waals surface area contributed by atoms with Crippen LogP contribution in [-0.2, 0) is 19.1 Å². The van der Waals surface area contributed by atoms with Crippen molar-refractivity contribution in [3.63, 3.8) is 0 Å². The van der Waals surface area contributed by atoms with Crippen LogP contribution in [-0.4, -0.2) is 37.7 Å². The number of nitrogens with one attached hydrogen (secondary N) is 1. The van der Waals surface area contributed by atoms with E-state index < -0.39 is 16.4 Å². The SMILES string of the molecule is COCCCNC(=O)C12CCC(C)(C(=O)O1)C2(C)C. The maximum atomic E-state index is 12.5. The van der Waals surface area contributed by atoms with E-state index in [1.165, 1.54) is 0 Å². The van der Waals surface area contributed by atoms with Crippen molar-refractivity contribution in [3.8, 4) is 0 Å². The fourth-order valence-electron chi connectivity index (χ4n) is 3.31. The van der Waals surface area contributed by atoms with Crippen molar-refractivity contribution in [2.45, 2.75) is 45.6 Å². The molecule has 19 heavy (non-hydrogen) atoms. The van der Waals surface area contributed by atoms with E-state index in [1.807, 2.05) is 20.8 Å². The molecule has 0 spiro atoms. The monoisotopic (exact) mass is 269 g/mol. The molecule has 0 radical (unpaired) electrons. The molecule has 1 saturated carbocycles. The lowest BCUT2D eigenvalue weighted by Crippen LogP contribution is -2.53. The zero-order chi connectivity index (χ0) is 14.3.